The van der Waals surface area contributed by atoms with Gasteiger partial charge in [0.25, 0.3) is 0 Å². The Morgan fingerprint density at radius 1 is 0.913 bits per heavy atom. The number of hydrogen-bond acceptors (Lipinski definition) is 2. The third-order valence-corrected chi connectivity index (χ3v) is 4.42. The van der Waals surface area contributed by atoms with Crippen molar-refractivity contribution >= 4 is 0 Å². The molecule has 2 heteroatoms. The van der Waals surface area contributed by atoms with Crippen molar-refractivity contribution in [2.24, 2.45) is 0 Å². The van der Waals surface area contributed by atoms with E-state index in [0.717, 1.165) is 13.0 Å². The molecule has 0 bridgehead atoms. The van der Waals surface area contributed by atoms with E-state index in [-0.39, 0.29) is 0 Å². The molecule has 2 nitrogen and oxygen atoms in total. The average Bonchev–Trinajstić information content (AvgIpc) is 3.09. The van der Waals surface area contributed by atoms with Crippen LogP contribution < -0.4 is 5.32 Å². The van der Waals surface area contributed by atoms with Crippen LogP contribution in [0.2, 0.25) is 0 Å². The van der Waals surface area contributed by atoms with Gasteiger partial charge in [-0.1, -0.05) is 54.6 Å². The number of nitrogens with one attached hydrogen (secondary N) is 1. The molecule has 114 valence electrons. The molecular formula is C21H20N2. The van der Waals surface area contributed by atoms with Gasteiger partial charge < -0.3 is 10.2 Å². The van der Waals surface area contributed by atoms with Gasteiger partial charge in [-0.3, -0.25) is 0 Å². The van der Waals surface area contributed by atoms with E-state index in [2.05, 4.69) is 89.4 Å². The van der Waals surface area contributed by atoms with Gasteiger partial charge in [0.15, 0.2) is 0 Å². The first-order chi connectivity index (χ1) is 11.4. The fourth-order valence-corrected chi connectivity index (χ4v) is 3.06. The molecule has 0 spiro atoms. The fraction of sp³-hybridized carbons (Fsp3) is 0.143. The quantitative estimate of drug-likeness (QED) is 0.914. The molecule has 0 aliphatic carbocycles. The molecule has 0 aromatic heterocycles. The van der Waals surface area contributed by atoms with Gasteiger partial charge in [0.05, 0.1) is 6.04 Å². The molecular weight excluding hydrogens is 280 g/mol. The molecule has 1 unspecified atom stereocenters. The van der Waals surface area contributed by atoms with Crippen molar-refractivity contribution in [1.82, 2.24) is 10.2 Å². The summed E-state index contributed by atoms with van der Waals surface area (Å²) in [7, 11) is 0. The topological polar surface area (TPSA) is 15.3 Å². The molecule has 1 N–H and O–H groups in total. The van der Waals surface area contributed by atoms with Gasteiger partial charge in [0, 0.05) is 18.9 Å². The van der Waals surface area contributed by atoms with E-state index in [4.69, 9.17) is 0 Å². The van der Waals surface area contributed by atoms with Crippen LogP contribution >= 0.6 is 0 Å². The summed E-state index contributed by atoms with van der Waals surface area (Å²) in [4.78, 5) is 2.27. The van der Waals surface area contributed by atoms with E-state index in [9.17, 15) is 0 Å². The van der Waals surface area contributed by atoms with E-state index in [1.807, 2.05) is 6.20 Å². The molecule has 2 aromatic rings. The summed E-state index contributed by atoms with van der Waals surface area (Å²) in [5.74, 6) is 0. The number of benzene rings is 2. The Bertz CT molecular complexity index is 754. The fourth-order valence-electron chi connectivity index (χ4n) is 3.06. The smallest absolute Gasteiger partial charge is 0.0724 e. The van der Waals surface area contributed by atoms with Crippen LogP contribution in [0.5, 0.6) is 0 Å². The summed E-state index contributed by atoms with van der Waals surface area (Å²) in [5, 5.41) is 3.31. The SMILES string of the molecule is C1=CC2=CN(CCc3ccc(-c4ccccc4)cc3)C=CC2N1. The zero-order valence-corrected chi connectivity index (χ0v) is 13.0. The number of hydrogen-bond donors (Lipinski definition) is 1. The summed E-state index contributed by atoms with van der Waals surface area (Å²) in [5.41, 5.74) is 5.26. The van der Waals surface area contributed by atoms with Crippen molar-refractivity contribution in [2.45, 2.75) is 12.5 Å². The first-order valence-electron chi connectivity index (χ1n) is 8.11. The van der Waals surface area contributed by atoms with E-state index >= 15 is 0 Å². The monoisotopic (exact) mass is 300 g/mol. The molecule has 2 aromatic carbocycles. The number of nitrogens with zero attached hydrogens (tertiary/aromatic N) is 1. The lowest BCUT2D eigenvalue weighted by molar-refractivity contribution is 0.491. The van der Waals surface area contributed by atoms with Crippen molar-refractivity contribution in [3.8, 4) is 11.1 Å². The highest BCUT2D eigenvalue weighted by atomic mass is 15.1. The molecule has 4 rings (SSSR count). The highest BCUT2D eigenvalue weighted by Crippen LogP contribution is 2.21. The Balaban J connectivity index is 1.39. The van der Waals surface area contributed by atoms with Gasteiger partial charge in [-0.15, -0.1) is 0 Å². The third-order valence-electron chi connectivity index (χ3n) is 4.42. The lowest BCUT2D eigenvalue weighted by Crippen LogP contribution is -2.26. The molecule has 0 fully saturated rings. The normalized spacial score (nSPS) is 18.5. The van der Waals surface area contributed by atoms with Gasteiger partial charge in [0.2, 0.25) is 0 Å². The molecule has 0 amide bonds. The van der Waals surface area contributed by atoms with Gasteiger partial charge >= 0.3 is 0 Å². The van der Waals surface area contributed by atoms with E-state index in [1.165, 1.54) is 22.3 Å². The Morgan fingerprint density at radius 2 is 1.70 bits per heavy atom. The van der Waals surface area contributed by atoms with Gasteiger partial charge in [-0.25, -0.2) is 0 Å². The Morgan fingerprint density at radius 3 is 2.52 bits per heavy atom. The molecule has 23 heavy (non-hydrogen) atoms. The maximum absolute atomic E-state index is 3.31. The lowest BCUT2D eigenvalue weighted by atomic mass is 10.0. The maximum atomic E-state index is 3.31. The first-order valence-corrected chi connectivity index (χ1v) is 8.11. The van der Waals surface area contributed by atoms with Crippen molar-refractivity contribution in [2.75, 3.05) is 6.54 Å². The minimum Gasteiger partial charge on any atom is -0.380 e. The predicted molar refractivity (Wildman–Crippen MR) is 95.6 cm³/mol. The Kier molecular flexibility index (Phi) is 3.73. The summed E-state index contributed by atoms with van der Waals surface area (Å²) < 4.78 is 0. The molecule has 2 aliphatic rings. The zero-order chi connectivity index (χ0) is 15.5. The first kappa shape index (κ1) is 13.9. The summed E-state index contributed by atoms with van der Waals surface area (Å²) in [6.45, 7) is 1.01. The van der Waals surface area contributed by atoms with Gasteiger partial charge in [-0.05, 0) is 47.0 Å². The minimum atomic E-state index is 0.372. The summed E-state index contributed by atoms with van der Waals surface area (Å²) >= 11 is 0. The molecule has 2 heterocycles. The van der Waals surface area contributed by atoms with E-state index in [0.29, 0.717) is 6.04 Å². The maximum Gasteiger partial charge on any atom is 0.0724 e. The molecule has 0 radical (unpaired) electrons. The van der Waals surface area contributed by atoms with Crippen LogP contribution in [0.3, 0.4) is 0 Å². The second kappa shape index (κ2) is 6.17. The van der Waals surface area contributed by atoms with Gasteiger partial charge in [0.1, 0.15) is 0 Å². The van der Waals surface area contributed by atoms with Crippen molar-refractivity contribution in [1.29, 1.82) is 0 Å². The predicted octanol–water partition coefficient (Wildman–Crippen LogP) is 4.09. The van der Waals surface area contributed by atoms with Crippen LogP contribution in [-0.4, -0.2) is 17.5 Å². The van der Waals surface area contributed by atoms with E-state index in [1.54, 1.807) is 0 Å². The van der Waals surface area contributed by atoms with Crippen LogP contribution in [0.15, 0.2) is 90.9 Å². The number of rotatable bonds is 4. The largest absolute Gasteiger partial charge is 0.380 e. The lowest BCUT2D eigenvalue weighted by Gasteiger charge is -2.23. The van der Waals surface area contributed by atoms with E-state index < -0.39 is 0 Å². The summed E-state index contributed by atoms with van der Waals surface area (Å²) in [6, 6.07) is 19.8. The molecule has 0 saturated carbocycles. The Labute approximate surface area is 137 Å². The van der Waals surface area contributed by atoms with Crippen LogP contribution in [-0.2, 0) is 6.42 Å². The standard InChI is InChI=1S/C21H20N2/c1-2-4-18(5-3-1)19-8-6-17(7-9-19)11-14-23-15-12-21-20(16-23)10-13-22-21/h1-10,12-13,15-16,21-22H,11,14H2. The Hall–Kier alpha value is -2.74. The van der Waals surface area contributed by atoms with Crippen molar-refractivity contribution in [3.63, 3.8) is 0 Å². The van der Waals surface area contributed by atoms with Crippen LogP contribution in [0.4, 0.5) is 0 Å². The second-order valence-electron chi connectivity index (χ2n) is 6.00. The summed E-state index contributed by atoms with van der Waals surface area (Å²) in [6.07, 6.45) is 11.8. The van der Waals surface area contributed by atoms with Gasteiger partial charge in [-0.2, -0.15) is 0 Å². The van der Waals surface area contributed by atoms with Crippen molar-refractivity contribution < 1.29 is 0 Å². The highest BCUT2D eigenvalue weighted by molar-refractivity contribution is 5.63. The highest BCUT2D eigenvalue weighted by Gasteiger charge is 2.16. The molecule has 1 atom stereocenters. The van der Waals surface area contributed by atoms with Crippen LogP contribution in [0.25, 0.3) is 11.1 Å². The minimum absolute atomic E-state index is 0.372. The third kappa shape index (κ3) is 3.07. The van der Waals surface area contributed by atoms with Crippen molar-refractivity contribution in [3.05, 3.63) is 96.5 Å². The second-order valence-corrected chi connectivity index (χ2v) is 6.00. The number of fused-ring (bicyclic) bond motifs is 1. The zero-order valence-electron chi connectivity index (χ0n) is 13.0. The average molecular weight is 300 g/mol. The van der Waals surface area contributed by atoms with Crippen LogP contribution in [0.1, 0.15) is 5.56 Å². The molecule has 2 aliphatic heterocycles. The molecule has 0 saturated heterocycles. The van der Waals surface area contributed by atoms with Crippen LogP contribution in [0, 0.1) is 0 Å².